The third-order valence-corrected chi connectivity index (χ3v) is 8.20. The van der Waals surface area contributed by atoms with Crippen LogP contribution in [0.5, 0.6) is 0 Å². The number of likely N-dealkylation sites (tertiary alicyclic amines) is 2. The second-order valence-electron chi connectivity index (χ2n) is 10.6. The van der Waals surface area contributed by atoms with E-state index in [0.717, 1.165) is 24.0 Å². The highest BCUT2D eigenvalue weighted by Gasteiger charge is 2.35. The number of pyridine rings is 1. The lowest BCUT2D eigenvalue weighted by Crippen LogP contribution is -2.43. The van der Waals surface area contributed by atoms with Gasteiger partial charge in [0.1, 0.15) is 17.8 Å². The highest BCUT2D eigenvalue weighted by molar-refractivity contribution is 7.99. The quantitative estimate of drug-likeness (QED) is 0.343. The molecule has 2 fully saturated rings. The first-order valence-electron chi connectivity index (χ1n) is 14.4. The van der Waals surface area contributed by atoms with Crippen LogP contribution in [0.2, 0.25) is 0 Å². The van der Waals surface area contributed by atoms with E-state index in [1.54, 1.807) is 34.2 Å². The molecule has 0 radical (unpaired) electrons. The highest BCUT2D eigenvalue weighted by Crippen LogP contribution is 2.23. The molecule has 2 saturated heterocycles. The van der Waals surface area contributed by atoms with Crippen molar-refractivity contribution in [3.63, 3.8) is 0 Å². The maximum atomic E-state index is 13.0. The first-order chi connectivity index (χ1) is 20.9. The van der Waals surface area contributed by atoms with Gasteiger partial charge < -0.3 is 20.4 Å². The second-order valence-corrected chi connectivity index (χ2v) is 11.5. The Hall–Kier alpha value is -4.44. The molecule has 2 unspecified atom stereocenters. The van der Waals surface area contributed by atoms with Gasteiger partial charge in [0.15, 0.2) is 0 Å². The van der Waals surface area contributed by atoms with Gasteiger partial charge in [-0.25, -0.2) is 0 Å². The first-order valence-corrected chi connectivity index (χ1v) is 15.8. The number of aromatic nitrogens is 1. The molecule has 2 aliphatic rings. The van der Waals surface area contributed by atoms with Crippen LogP contribution in [0.15, 0.2) is 72.9 Å². The minimum atomic E-state index is -0.526. The maximum absolute atomic E-state index is 13.0. The Kier molecular flexibility index (Phi) is 9.88. The first kappa shape index (κ1) is 30.0. The third kappa shape index (κ3) is 7.50. The Balaban J connectivity index is 1.13. The summed E-state index contributed by atoms with van der Waals surface area (Å²) in [6, 6.07) is 19.3. The number of thioether (sulfide) groups is 1. The van der Waals surface area contributed by atoms with Crippen LogP contribution in [-0.4, -0.2) is 75.6 Å². The van der Waals surface area contributed by atoms with Crippen molar-refractivity contribution in [2.24, 2.45) is 0 Å². The Morgan fingerprint density at radius 2 is 1.33 bits per heavy atom. The molecule has 0 saturated carbocycles. The predicted molar refractivity (Wildman–Crippen MR) is 170 cm³/mol. The molecule has 2 N–H and O–H groups in total. The smallest absolute Gasteiger partial charge is 0.273 e. The summed E-state index contributed by atoms with van der Waals surface area (Å²) in [4.78, 5) is 58.5. The molecule has 43 heavy (non-hydrogen) atoms. The van der Waals surface area contributed by atoms with Crippen molar-refractivity contribution in [1.29, 1.82) is 0 Å². The van der Waals surface area contributed by atoms with Crippen LogP contribution in [0.1, 0.15) is 47.3 Å². The minimum Gasteiger partial charge on any atom is -0.330 e. The van der Waals surface area contributed by atoms with Gasteiger partial charge in [-0.1, -0.05) is 42.5 Å². The van der Waals surface area contributed by atoms with Gasteiger partial charge in [0, 0.05) is 30.7 Å². The lowest BCUT2D eigenvalue weighted by molar-refractivity contribution is -0.134. The fourth-order valence-electron chi connectivity index (χ4n) is 5.46. The van der Waals surface area contributed by atoms with E-state index in [1.807, 2.05) is 66.9 Å². The van der Waals surface area contributed by atoms with Gasteiger partial charge in [-0.05, 0) is 79.5 Å². The number of rotatable bonds is 9. The number of nitrogens with one attached hydrogen (secondary N) is 2. The molecule has 2 aromatic carbocycles. The Bertz CT molecular complexity index is 1480. The summed E-state index contributed by atoms with van der Waals surface area (Å²) in [5, 5.41) is 5.89. The van der Waals surface area contributed by atoms with Gasteiger partial charge in [-0.15, -0.1) is 0 Å². The van der Waals surface area contributed by atoms with Crippen LogP contribution in [0, 0.1) is 0 Å². The van der Waals surface area contributed by atoms with Gasteiger partial charge in [-0.2, -0.15) is 11.8 Å². The average Bonchev–Trinajstić information content (AvgIpc) is 3.73. The summed E-state index contributed by atoms with van der Waals surface area (Å²) in [5.74, 6) is -0.189. The molecule has 3 aromatic rings. The lowest BCUT2D eigenvalue weighted by Gasteiger charge is -2.23. The summed E-state index contributed by atoms with van der Waals surface area (Å²) in [6.45, 7) is 1.16. The van der Waals surface area contributed by atoms with Crippen molar-refractivity contribution in [2.45, 2.75) is 37.8 Å². The maximum Gasteiger partial charge on any atom is 0.273 e. The van der Waals surface area contributed by atoms with Gasteiger partial charge >= 0.3 is 0 Å². The zero-order valence-electron chi connectivity index (χ0n) is 24.1. The predicted octanol–water partition coefficient (Wildman–Crippen LogP) is 4.79. The Morgan fingerprint density at radius 1 is 0.791 bits per heavy atom. The molecular weight excluding hydrogens is 562 g/mol. The van der Waals surface area contributed by atoms with Crippen molar-refractivity contribution in [2.75, 3.05) is 35.7 Å². The standard InChI is InChI=1S/C33H35N5O4S/c1-43-22-30(39)37-20-4-7-28(37)31(40)35-25-15-11-23(12-16-25)9-10-24-13-17-26(18-14-24)36-32(41)29-8-5-21-38(29)33(42)27-6-2-3-19-34-27/h2-3,6,9-19,28-29H,4-5,7-8,20-22H2,1H3,(H,35,40)(H,36,41)/b10-9+. The highest BCUT2D eigenvalue weighted by atomic mass is 32.2. The SMILES string of the molecule is CSCC(=O)N1CCCC1C(=O)Nc1ccc(/C=C/c2ccc(NC(=O)C3CCCN3C(=O)c3ccccn3)cc2)cc1. The van der Waals surface area contributed by atoms with E-state index in [2.05, 4.69) is 15.6 Å². The number of benzene rings is 2. The number of hydrogen-bond acceptors (Lipinski definition) is 6. The van der Waals surface area contributed by atoms with E-state index < -0.39 is 12.1 Å². The number of nitrogens with zero attached hydrogens (tertiary/aromatic N) is 3. The number of hydrogen-bond donors (Lipinski definition) is 2. The van der Waals surface area contributed by atoms with Crippen LogP contribution >= 0.6 is 11.8 Å². The molecule has 9 nitrogen and oxygen atoms in total. The Morgan fingerprint density at radius 3 is 1.84 bits per heavy atom. The van der Waals surface area contributed by atoms with Crippen LogP contribution < -0.4 is 10.6 Å². The van der Waals surface area contributed by atoms with Crippen molar-refractivity contribution in [3.8, 4) is 0 Å². The molecule has 5 rings (SSSR count). The molecule has 0 aliphatic carbocycles. The van der Waals surface area contributed by atoms with Crippen LogP contribution in [0.3, 0.4) is 0 Å². The fourth-order valence-corrected chi connectivity index (χ4v) is 5.87. The van der Waals surface area contributed by atoms with Crippen molar-refractivity contribution in [1.82, 2.24) is 14.8 Å². The number of anilines is 2. The second kappa shape index (κ2) is 14.2. The van der Waals surface area contributed by atoms with E-state index in [4.69, 9.17) is 0 Å². The summed E-state index contributed by atoms with van der Waals surface area (Å²) < 4.78 is 0. The summed E-state index contributed by atoms with van der Waals surface area (Å²) >= 11 is 1.47. The summed E-state index contributed by atoms with van der Waals surface area (Å²) in [6.07, 6.45) is 10.3. The van der Waals surface area contributed by atoms with E-state index in [9.17, 15) is 19.2 Å². The zero-order valence-corrected chi connectivity index (χ0v) is 24.9. The van der Waals surface area contributed by atoms with E-state index in [1.165, 1.54) is 11.8 Å². The number of carbonyl (C=O) groups excluding carboxylic acids is 4. The van der Waals surface area contributed by atoms with Crippen molar-refractivity contribution in [3.05, 3.63) is 89.7 Å². The molecule has 1 aromatic heterocycles. The molecule has 2 atom stereocenters. The minimum absolute atomic E-state index is 0.00889. The largest absolute Gasteiger partial charge is 0.330 e. The van der Waals surface area contributed by atoms with Crippen LogP contribution in [0.25, 0.3) is 12.2 Å². The van der Waals surface area contributed by atoms with Crippen LogP contribution in [0.4, 0.5) is 11.4 Å². The van der Waals surface area contributed by atoms with Crippen molar-refractivity contribution >= 4 is 58.9 Å². The molecule has 3 heterocycles. The van der Waals surface area contributed by atoms with E-state index >= 15 is 0 Å². The normalized spacial score (nSPS) is 18.2. The van der Waals surface area contributed by atoms with Crippen LogP contribution in [-0.2, 0) is 14.4 Å². The Labute approximate surface area is 255 Å². The van der Waals surface area contributed by atoms with E-state index in [-0.39, 0.29) is 23.6 Å². The topological polar surface area (TPSA) is 112 Å². The van der Waals surface area contributed by atoms with Gasteiger partial charge in [0.25, 0.3) is 5.91 Å². The number of carbonyl (C=O) groups is 4. The summed E-state index contributed by atoms with van der Waals surface area (Å²) in [5.41, 5.74) is 3.61. The van der Waals surface area contributed by atoms with Gasteiger partial charge in [0.2, 0.25) is 17.7 Å². The fraction of sp³-hybridized carbons (Fsp3) is 0.303. The van der Waals surface area contributed by atoms with Gasteiger partial charge in [0.05, 0.1) is 5.75 Å². The van der Waals surface area contributed by atoms with E-state index in [0.29, 0.717) is 48.8 Å². The molecule has 10 heteroatoms. The zero-order chi connectivity index (χ0) is 30.2. The molecule has 0 spiro atoms. The average molecular weight is 598 g/mol. The summed E-state index contributed by atoms with van der Waals surface area (Å²) in [7, 11) is 0. The lowest BCUT2D eigenvalue weighted by atomic mass is 10.1. The molecule has 0 bridgehead atoms. The molecular formula is C33H35N5O4S. The van der Waals surface area contributed by atoms with Crippen molar-refractivity contribution < 1.29 is 19.2 Å². The molecule has 2 aliphatic heterocycles. The molecule has 222 valence electrons. The van der Waals surface area contributed by atoms with Gasteiger partial charge in [-0.3, -0.25) is 24.2 Å². The molecule has 4 amide bonds. The third-order valence-electron chi connectivity index (χ3n) is 7.67. The monoisotopic (exact) mass is 597 g/mol. The number of amides is 4.